The van der Waals surface area contributed by atoms with Crippen molar-refractivity contribution in [3.05, 3.63) is 71.9 Å². The predicted octanol–water partition coefficient (Wildman–Crippen LogP) is 2.78. The van der Waals surface area contributed by atoms with Crippen LogP contribution in [0, 0.1) is 0 Å². The summed E-state index contributed by atoms with van der Waals surface area (Å²) in [6, 6.07) is 11.7. The Morgan fingerprint density at radius 3 is 2.26 bits per heavy atom. The molecule has 0 radical (unpaired) electrons. The Morgan fingerprint density at radius 1 is 0.952 bits per heavy atom. The highest BCUT2D eigenvalue weighted by atomic mass is 19.4. The number of pyridine rings is 1. The minimum absolute atomic E-state index is 0.0303. The Labute approximate surface area is 244 Å². The maximum Gasteiger partial charge on any atom is 0.416 e. The molecular formula is C30H41F3N7O2+. The molecule has 42 heavy (non-hydrogen) atoms. The Kier molecular flexibility index (Phi) is 11.8. The van der Waals surface area contributed by atoms with E-state index in [0.29, 0.717) is 37.2 Å². The number of likely N-dealkylation sites (N-methyl/N-ethyl adjacent to an activating group) is 1. The number of nitrogens with two attached hydrogens (primary N) is 3. The molecule has 9 nitrogen and oxygen atoms in total. The molecule has 1 aromatic heterocycles. The van der Waals surface area contributed by atoms with Crippen molar-refractivity contribution in [1.29, 1.82) is 0 Å². The molecule has 0 aliphatic carbocycles. The zero-order valence-electron chi connectivity index (χ0n) is 23.9. The maximum atomic E-state index is 13.3. The smallest absolute Gasteiger partial charge is 0.343 e. The number of nitrogens with one attached hydrogen (secondary N) is 2. The van der Waals surface area contributed by atoms with Gasteiger partial charge in [-0.25, -0.2) is 0 Å². The molecule has 1 heterocycles. The molecule has 3 aromatic rings. The summed E-state index contributed by atoms with van der Waals surface area (Å²) in [6.45, 7) is 3.56. The first-order valence-electron chi connectivity index (χ1n) is 14.1. The van der Waals surface area contributed by atoms with Crippen LogP contribution in [0.5, 0.6) is 0 Å². The van der Waals surface area contributed by atoms with E-state index in [4.69, 9.17) is 17.2 Å². The Morgan fingerprint density at radius 2 is 1.62 bits per heavy atom. The van der Waals surface area contributed by atoms with Crippen molar-refractivity contribution in [2.75, 3.05) is 45.1 Å². The lowest BCUT2D eigenvalue weighted by Crippen LogP contribution is -2.51. The van der Waals surface area contributed by atoms with E-state index in [0.717, 1.165) is 53.6 Å². The van der Waals surface area contributed by atoms with Gasteiger partial charge in [-0.05, 0) is 49.1 Å². The van der Waals surface area contributed by atoms with Gasteiger partial charge in [0.15, 0.2) is 0 Å². The van der Waals surface area contributed by atoms with E-state index < -0.39 is 35.6 Å². The lowest BCUT2D eigenvalue weighted by atomic mass is 10.0. The van der Waals surface area contributed by atoms with Crippen LogP contribution < -0.4 is 27.8 Å². The molecule has 0 aliphatic rings. The number of rotatable bonds is 15. The molecule has 0 fully saturated rings. The van der Waals surface area contributed by atoms with Crippen LogP contribution in [0.1, 0.15) is 30.4 Å². The van der Waals surface area contributed by atoms with E-state index in [1.54, 1.807) is 6.07 Å². The van der Waals surface area contributed by atoms with Crippen molar-refractivity contribution < 1.29 is 27.2 Å². The molecule has 3 rings (SSSR count). The summed E-state index contributed by atoms with van der Waals surface area (Å²) >= 11 is 0. The Hall–Kier alpha value is -3.58. The number of nitrogens with zero attached hydrogens (tertiary/aromatic N) is 2. The second-order valence-corrected chi connectivity index (χ2v) is 10.8. The molecule has 2 aromatic carbocycles. The zero-order chi connectivity index (χ0) is 30.8. The van der Waals surface area contributed by atoms with E-state index in [1.807, 2.05) is 24.3 Å². The summed E-state index contributed by atoms with van der Waals surface area (Å²) < 4.78 is 39.9. The summed E-state index contributed by atoms with van der Waals surface area (Å²) in [5.74, 6) is -1.05. The van der Waals surface area contributed by atoms with Crippen LogP contribution in [0.3, 0.4) is 0 Å². The van der Waals surface area contributed by atoms with Gasteiger partial charge in [0.2, 0.25) is 11.8 Å². The third kappa shape index (κ3) is 9.76. The summed E-state index contributed by atoms with van der Waals surface area (Å²) in [5.41, 5.74) is 18.5. The molecule has 8 N–H and O–H groups in total. The number of carbonyl (C=O) groups is 2. The van der Waals surface area contributed by atoms with Crippen molar-refractivity contribution in [2.45, 2.75) is 43.9 Å². The van der Waals surface area contributed by atoms with Gasteiger partial charge >= 0.3 is 6.18 Å². The largest absolute Gasteiger partial charge is 0.416 e. The molecule has 0 saturated heterocycles. The average molecular weight is 589 g/mol. The lowest BCUT2D eigenvalue weighted by molar-refractivity contribution is -0.907. The number of para-hydroxylation sites is 1. The zero-order valence-corrected chi connectivity index (χ0v) is 23.9. The van der Waals surface area contributed by atoms with Crippen molar-refractivity contribution in [3.8, 4) is 0 Å². The second-order valence-electron chi connectivity index (χ2n) is 10.8. The van der Waals surface area contributed by atoms with Crippen LogP contribution in [0.2, 0.25) is 0 Å². The number of quaternary nitrogens is 1. The highest BCUT2D eigenvalue weighted by Gasteiger charge is 2.30. The third-order valence-corrected chi connectivity index (χ3v) is 7.35. The van der Waals surface area contributed by atoms with Crippen LogP contribution in [-0.4, -0.2) is 73.1 Å². The highest BCUT2D eigenvalue weighted by molar-refractivity contribution is 5.99. The standard InChI is InChI=1S/C30H40F3N7O2/c1-40(16-13-34,17-14-35)15-5-4-7-25(36)28(41)39-27(18-21-9-11-23(12-10-21)30(31,32)33)29(42)38-24-19-22-6-2-3-8-26(22)37-20-24/h2-3,6,8-12,19-20,25,27H,4-5,7,13-18,34-36H2,1H3,(H-,38,39,41,42)/p+1/t25-,27+/m0/s1. The number of fused-ring (bicyclic) bond motifs is 1. The first-order chi connectivity index (χ1) is 19.9. The van der Waals surface area contributed by atoms with Gasteiger partial charge < -0.3 is 32.3 Å². The topological polar surface area (TPSA) is 149 Å². The quantitative estimate of drug-likeness (QED) is 0.136. The molecule has 2 amide bonds. The summed E-state index contributed by atoms with van der Waals surface area (Å²) in [5, 5.41) is 6.29. The minimum atomic E-state index is -4.48. The third-order valence-electron chi connectivity index (χ3n) is 7.35. The number of alkyl halides is 3. The molecule has 0 saturated carbocycles. The van der Waals surface area contributed by atoms with E-state index in [-0.39, 0.29) is 6.42 Å². The van der Waals surface area contributed by atoms with Crippen molar-refractivity contribution in [2.24, 2.45) is 17.2 Å². The molecule has 0 spiro atoms. The predicted molar refractivity (Wildman–Crippen MR) is 158 cm³/mol. The molecule has 0 unspecified atom stereocenters. The van der Waals surface area contributed by atoms with Gasteiger partial charge in [0.1, 0.15) is 6.04 Å². The van der Waals surface area contributed by atoms with Crippen molar-refractivity contribution in [3.63, 3.8) is 0 Å². The number of aromatic nitrogens is 1. The fourth-order valence-electron chi connectivity index (χ4n) is 4.87. The van der Waals surface area contributed by atoms with Crippen LogP contribution in [0.4, 0.5) is 18.9 Å². The number of halogens is 3. The number of unbranched alkanes of at least 4 members (excludes halogenated alkanes) is 1. The van der Waals surface area contributed by atoms with Crippen molar-refractivity contribution in [1.82, 2.24) is 10.3 Å². The molecule has 0 bridgehead atoms. The normalized spacial score (nSPS) is 13.5. The van der Waals surface area contributed by atoms with E-state index in [9.17, 15) is 22.8 Å². The number of benzene rings is 2. The number of hydrogen-bond donors (Lipinski definition) is 5. The van der Waals surface area contributed by atoms with Gasteiger partial charge in [0.25, 0.3) is 0 Å². The SMILES string of the molecule is C[N+](CCN)(CCN)CCCC[C@H](N)C(=O)N[C@H](Cc1ccc(C(F)(F)F)cc1)C(=O)Nc1cnc2ccccc2c1. The number of carbonyl (C=O) groups excluding carboxylic acids is 2. The fraction of sp³-hybridized carbons (Fsp3) is 0.433. The molecule has 2 atom stereocenters. The molecule has 12 heteroatoms. The summed E-state index contributed by atoms with van der Waals surface area (Å²) in [6.07, 6.45) is -1.09. The van der Waals surface area contributed by atoms with Crippen LogP contribution in [0.15, 0.2) is 60.8 Å². The second kappa shape index (κ2) is 15.1. The van der Waals surface area contributed by atoms with Gasteiger partial charge in [-0.2, -0.15) is 13.2 Å². The fourth-order valence-corrected chi connectivity index (χ4v) is 4.87. The lowest BCUT2D eigenvalue weighted by Gasteiger charge is -2.34. The molecule has 228 valence electrons. The van der Waals surface area contributed by atoms with Gasteiger partial charge in [0.05, 0.1) is 55.7 Å². The Balaban J connectivity index is 1.68. The Bertz CT molecular complexity index is 1310. The first kappa shape index (κ1) is 32.9. The van der Waals surface area contributed by atoms with Crippen LogP contribution in [0.25, 0.3) is 10.9 Å². The van der Waals surface area contributed by atoms with E-state index >= 15 is 0 Å². The number of amides is 2. The van der Waals surface area contributed by atoms with Gasteiger partial charge in [0, 0.05) is 24.9 Å². The van der Waals surface area contributed by atoms with Gasteiger partial charge in [-0.15, -0.1) is 0 Å². The summed E-state index contributed by atoms with van der Waals surface area (Å²) in [7, 11) is 2.10. The van der Waals surface area contributed by atoms with E-state index in [2.05, 4.69) is 22.7 Å². The van der Waals surface area contributed by atoms with Crippen LogP contribution >= 0.6 is 0 Å². The van der Waals surface area contributed by atoms with Crippen molar-refractivity contribution >= 4 is 28.4 Å². The van der Waals surface area contributed by atoms with Gasteiger partial charge in [-0.1, -0.05) is 30.3 Å². The van der Waals surface area contributed by atoms with Crippen LogP contribution in [-0.2, 0) is 22.2 Å². The molecular weight excluding hydrogens is 547 g/mol. The average Bonchev–Trinajstić information content (AvgIpc) is 2.95. The minimum Gasteiger partial charge on any atom is -0.343 e. The summed E-state index contributed by atoms with van der Waals surface area (Å²) in [4.78, 5) is 30.7. The van der Waals surface area contributed by atoms with Gasteiger partial charge in [-0.3, -0.25) is 14.6 Å². The number of hydrogen-bond acceptors (Lipinski definition) is 6. The maximum absolute atomic E-state index is 13.3. The number of anilines is 1. The molecule has 0 aliphatic heterocycles. The highest BCUT2D eigenvalue weighted by Crippen LogP contribution is 2.29. The monoisotopic (exact) mass is 588 g/mol. The first-order valence-corrected chi connectivity index (χ1v) is 14.1. The van der Waals surface area contributed by atoms with E-state index in [1.165, 1.54) is 18.3 Å².